The van der Waals surface area contributed by atoms with E-state index in [2.05, 4.69) is 9.88 Å². The first-order valence-electron chi connectivity index (χ1n) is 6.84. The number of H-pyrrole nitrogens is 1. The largest absolute Gasteiger partial charge is 0.329 e. The average Bonchev–Trinajstić information content (AvgIpc) is 2.81. The third-order valence-corrected chi connectivity index (χ3v) is 4.83. The van der Waals surface area contributed by atoms with Crippen LogP contribution in [0.2, 0.25) is 5.15 Å². The summed E-state index contributed by atoms with van der Waals surface area (Å²) in [5, 5.41) is 0.157. The fourth-order valence-electron chi connectivity index (χ4n) is 3.44. The van der Waals surface area contributed by atoms with Crippen molar-refractivity contribution in [2.24, 2.45) is 0 Å². The van der Waals surface area contributed by atoms with Gasteiger partial charge in [-0.3, -0.25) is 19.2 Å². The van der Waals surface area contributed by atoms with E-state index in [4.69, 9.17) is 11.6 Å². The number of nitrogens with one attached hydrogen (secondary N) is 1. The Morgan fingerprint density at radius 2 is 1.95 bits per heavy atom. The van der Waals surface area contributed by atoms with Crippen LogP contribution in [0.15, 0.2) is 9.59 Å². The van der Waals surface area contributed by atoms with E-state index < -0.39 is 0 Å². The van der Waals surface area contributed by atoms with E-state index in [1.54, 1.807) is 6.92 Å². The van der Waals surface area contributed by atoms with Crippen LogP contribution in [0.4, 0.5) is 0 Å². The maximum atomic E-state index is 12.3. The van der Waals surface area contributed by atoms with Crippen LogP contribution in [-0.2, 0) is 0 Å². The molecule has 0 radical (unpaired) electrons. The summed E-state index contributed by atoms with van der Waals surface area (Å²) >= 11 is 5.86. The third-order valence-electron chi connectivity index (χ3n) is 4.46. The molecule has 1 N–H and O–H groups in total. The van der Waals surface area contributed by atoms with Crippen LogP contribution in [0.25, 0.3) is 0 Å². The lowest BCUT2D eigenvalue weighted by Gasteiger charge is -2.32. The lowest BCUT2D eigenvalue weighted by Crippen LogP contribution is -2.45. The van der Waals surface area contributed by atoms with Gasteiger partial charge in [0.2, 0.25) is 0 Å². The summed E-state index contributed by atoms with van der Waals surface area (Å²) in [4.78, 5) is 29.4. The van der Waals surface area contributed by atoms with Crippen LogP contribution in [0, 0.1) is 6.92 Å². The van der Waals surface area contributed by atoms with Crippen molar-refractivity contribution in [1.29, 1.82) is 0 Å². The minimum absolute atomic E-state index is 0.00693. The molecule has 19 heavy (non-hydrogen) atoms. The van der Waals surface area contributed by atoms with Crippen molar-refractivity contribution < 1.29 is 0 Å². The third kappa shape index (κ3) is 2.05. The summed E-state index contributed by atoms with van der Waals surface area (Å²) in [6, 6.07) is 0.320. The van der Waals surface area contributed by atoms with Gasteiger partial charge in [-0.25, -0.2) is 4.79 Å². The van der Waals surface area contributed by atoms with Crippen molar-refractivity contribution in [1.82, 2.24) is 14.5 Å². The maximum Gasteiger partial charge on any atom is 0.329 e. The van der Waals surface area contributed by atoms with Crippen molar-refractivity contribution >= 4 is 11.6 Å². The molecule has 2 fully saturated rings. The first-order valence-corrected chi connectivity index (χ1v) is 7.22. The monoisotopic (exact) mass is 283 g/mol. The Hall–Kier alpha value is -1.07. The van der Waals surface area contributed by atoms with E-state index in [9.17, 15) is 9.59 Å². The standard InChI is InChI=1S/C13H18ClN3O2/c1-8-11(14)15-13(19)17(12(8)18)10-5-7-16-6-3-2-4-9(10)16/h9-10H,2-7H2,1H3,(H,15,19). The first-order chi connectivity index (χ1) is 9.09. The lowest BCUT2D eigenvalue weighted by molar-refractivity contribution is 0.170. The van der Waals surface area contributed by atoms with Gasteiger partial charge in [0, 0.05) is 18.2 Å². The second-order valence-electron chi connectivity index (χ2n) is 5.50. The second kappa shape index (κ2) is 4.80. The zero-order valence-corrected chi connectivity index (χ0v) is 11.7. The van der Waals surface area contributed by atoms with E-state index >= 15 is 0 Å². The van der Waals surface area contributed by atoms with Crippen LogP contribution in [0.3, 0.4) is 0 Å². The molecule has 0 spiro atoms. The number of fused-ring (bicyclic) bond motifs is 1. The maximum absolute atomic E-state index is 12.3. The summed E-state index contributed by atoms with van der Waals surface area (Å²) < 4.78 is 1.39. The summed E-state index contributed by atoms with van der Waals surface area (Å²) in [5.41, 5.74) is -0.195. The zero-order chi connectivity index (χ0) is 13.6. The highest BCUT2D eigenvalue weighted by Crippen LogP contribution is 2.33. The number of hydrogen-bond donors (Lipinski definition) is 1. The van der Waals surface area contributed by atoms with Gasteiger partial charge >= 0.3 is 5.69 Å². The molecule has 104 valence electrons. The number of aromatic amines is 1. The molecule has 0 aliphatic carbocycles. The predicted octanol–water partition coefficient (Wildman–Crippen LogP) is 1.30. The molecular weight excluding hydrogens is 266 g/mol. The number of nitrogens with zero attached hydrogens (tertiary/aromatic N) is 2. The molecule has 0 bridgehead atoms. The fraction of sp³-hybridized carbons (Fsp3) is 0.692. The Balaban J connectivity index is 2.06. The summed E-state index contributed by atoms with van der Waals surface area (Å²) in [6.45, 7) is 3.72. The molecule has 5 nitrogen and oxygen atoms in total. The summed E-state index contributed by atoms with van der Waals surface area (Å²) in [6.07, 6.45) is 4.33. The van der Waals surface area contributed by atoms with Gasteiger partial charge in [-0.1, -0.05) is 18.0 Å². The minimum Gasteiger partial charge on any atom is -0.298 e. The molecule has 2 aliphatic rings. The molecule has 2 unspecified atom stereocenters. The molecule has 1 aromatic rings. The minimum atomic E-state index is -0.377. The van der Waals surface area contributed by atoms with E-state index in [1.807, 2.05) is 0 Å². The quantitative estimate of drug-likeness (QED) is 0.791. The van der Waals surface area contributed by atoms with Crippen molar-refractivity contribution in [3.63, 3.8) is 0 Å². The molecule has 6 heteroatoms. The topological polar surface area (TPSA) is 58.1 Å². The predicted molar refractivity (Wildman–Crippen MR) is 73.9 cm³/mol. The van der Waals surface area contributed by atoms with Crippen LogP contribution in [-0.4, -0.2) is 33.6 Å². The van der Waals surface area contributed by atoms with Crippen LogP contribution in [0.5, 0.6) is 0 Å². The molecular formula is C13H18ClN3O2. The van der Waals surface area contributed by atoms with E-state index in [1.165, 1.54) is 17.4 Å². The van der Waals surface area contributed by atoms with Crippen molar-refractivity contribution in [3.8, 4) is 0 Å². The number of piperidine rings is 1. The van der Waals surface area contributed by atoms with Gasteiger partial charge in [0.25, 0.3) is 5.56 Å². The normalized spacial score (nSPS) is 27.5. The molecule has 0 aromatic carbocycles. The van der Waals surface area contributed by atoms with Gasteiger partial charge in [0.05, 0.1) is 6.04 Å². The molecule has 0 amide bonds. The summed E-state index contributed by atoms with van der Waals surface area (Å²) in [7, 11) is 0. The number of halogens is 1. The molecule has 0 saturated carbocycles. The Morgan fingerprint density at radius 3 is 2.74 bits per heavy atom. The average molecular weight is 284 g/mol. The molecule has 3 heterocycles. The Labute approximate surface area is 116 Å². The number of hydrogen-bond acceptors (Lipinski definition) is 3. The van der Waals surface area contributed by atoms with Gasteiger partial charge in [0.1, 0.15) is 5.15 Å². The van der Waals surface area contributed by atoms with Crippen LogP contribution in [0.1, 0.15) is 37.3 Å². The SMILES string of the molecule is Cc1c(Cl)[nH]c(=O)n(C2CCN3CCCCC23)c1=O. The summed E-state index contributed by atoms with van der Waals surface area (Å²) in [5.74, 6) is 0. The van der Waals surface area contributed by atoms with Crippen molar-refractivity contribution in [2.75, 3.05) is 13.1 Å². The highest BCUT2D eigenvalue weighted by atomic mass is 35.5. The van der Waals surface area contributed by atoms with Gasteiger partial charge in [0.15, 0.2) is 0 Å². The van der Waals surface area contributed by atoms with Crippen molar-refractivity contribution in [3.05, 3.63) is 31.6 Å². The number of aromatic nitrogens is 2. The van der Waals surface area contributed by atoms with Crippen molar-refractivity contribution in [2.45, 2.75) is 44.7 Å². The van der Waals surface area contributed by atoms with E-state index in [0.717, 1.165) is 25.9 Å². The molecule has 2 atom stereocenters. The molecule has 1 aromatic heterocycles. The Bertz CT molecular complexity index is 607. The Kier molecular flexibility index (Phi) is 3.27. The van der Waals surface area contributed by atoms with E-state index in [-0.39, 0.29) is 22.4 Å². The van der Waals surface area contributed by atoms with Gasteiger partial charge in [-0.15, -0.1) is 0 Å². The second-order valence-corrected chi connectivity index (χ2v) is 5.88. The van der Waals surface area contributed by atoms with Crippen LogP contribution >= 0.6 is 11.6 Å². The van der Waals surface area contributed by atoms with Gasteiger partial charge in [-0.05, 0) is 32.7 Å². The number of rotatable bonds is 1. The van der Waals surface area contributed by atoms with Gasteiger partial charge < -0.3 is 0 Å². The molecule has 2 saturated heterocycles. The lowest BCUT2D eigenvalue weighted by atomic mass is 9.99. The molecule has 2 aliphatic heterocycles. The smallest absolute Gasteiger partial charge is 0.298 e. The highest BCUT2D eigenvalue weighted by molar-refractivity contribution is 6.30. The fourth-order valence-corrected chi connectivity index (χ4v) is 3.60. The van der Waals surface area contributed by atoms with Gasteiger partial charge in [-0.2, -0.15) is 0 Å². The Morgan fingerprint density at radius 1 is 1.16 bits per heavy atom. The van der Waals surface area contributed by atoms with Crippen LogP contribution < -0.4 is 11.2 Å². The first kappa shape index (κ1) is 12.9. The highest BCUT2D eigenvalue weighted by Gasteiger charge is 2.38. The zero-order valence-electron chi connectivity index (χ0n) is 11.0. The molecule has 3 rings (SSSR count). The van der Waals surface area contributed by atoms with E-state index in [0.29, 0.717) is 11.6 Å².